The molecule has 5 heteroatoms. The van der Waals surface area contributed by atoms with Crippen molar-refractivity contribution >= 4 is 5.95 Å². The van der Waals surface area contributed by atoms with Crippen LogP contribution in [0.1, 0.15) is 11.1 Å². The van der Waals surface area contributed by atoms with Gasteiger partial charge < -0.3 is 10.2 Å². The summed E-state index contributed by atoms with van der Waals surface area (Å²) >= 11 is 0. The molecule has 0 spiro atoms. The van der Waals surface area contributed by atoms with Crippen molar-refractivity contribution in [3.8, 4) is 22.7 Å². The summed E-state index contributed by atoms with van der Waals surface area (Å²) in [6.07, 6.45) is 5.81. The zero-order chi connectivity index (χ0) is 17.1. The molecule has 0 saturated carbocycles. The molecule has 2 N–H and O–H groups in total. The molecule has 25 heavy (non-hydrogen) atoms. The van der Waals surface area contributed by atoms with Crippen LogP contribution in [0.5, 0.6) is 0 Å². The van der Waals surface area contributed by atoms with Crippen LogP contribution in [0.15, 0.2) is 77.7 Å². The molecule has 4 aromatic rings. The van der Waals surface area contributed by atoms with E-state index in [-0.39, 0.29) is 5.95 Å². The fraction of sp³-hybridized carbons (Fsp3) is 0.0500. The Hall–Kier alpha value is -3.47. The number of anilines is 1. The van der Waals surface area contributed by atoms with Gasteiger partial charge >= 0.3 is 0 Å². The van der Waals surface area contributed by atoms with Crippen LogP contribution in [0.25, 0.3) is 22.7 Å². The molecule has 1 aromatic carbocycles. The van der Waals surface area contributed by atoms with E-state index in [4.69, 9.17) is 10.2 Å². The zero-order valence-electron chi connectivity index (χ0n) is 13.5. The smallest absolute Gasteiger partial charge is 0.221 e. The van der Waals surface area contributed by atoms with E-state index in [0.29, 0.717) is 17.9 Å². The lowest BCUT2D eigenvalue weighted by Crippen LogP contribution is -2.05. The van der Waals surface area contributed by atoms with Gasteiger partial charge in [0.1, 0.15) is 5.69 Å². The molecule has 3 heterocycles. The van der Waals surface area contributed by atoms with Gasteiger partial charge in [0, 0.05) is 29.9 Å². The standard InChI is InChI=1S/C20H16N4O/c21-20-23-18(15-8-4-10-22-13-15)16(12-14-6-2-1-3-7-14)19(24-20)17-9-5-11-25-17/h1-11,13H,12H2,(H2,21,23,24). The van der Waals surface area contributed by atoms with Crippen molar-refractivity contribution in [2.24, 2.45) is 0 Å². The minimum atomic E-state index is 0.210. The predicted molar refractivity (Wildman–Crippen MR) is 96.6 cm³/mol. The van der Waals surface area contributed by atoms with Crippen LogP contribution in [-0.2, 0) is 6.42 Å². The molecule has 0 fully saturated rings. The molecule has 3 aromatic heterocycles. The van der Waals surface area contributed by atoms with Crippen molar-refractivity contribution in [1.82, 2.24) is 15.0 Å². The van der Waals surface area contributed by atoms with E-state index < -0.39 is 0 Å². The van der Waals surface area contributed by atoms with Crippen molar-refractivity contribution in [3.63, 3.8) is 0 Å². The number of nitrogens with two attached hydrogens (primary N) is 1. The SMILES string of the molecule is Nc1nc(-c2cccnc2)c(Cc2ccccc2)c(-c2ccco2)n1. The highest BCUT2D eigenvalue weighted by Gasteiger charge is 2.18. The van der Waals surface area contributed by atoms with Crippen LogP contribution in [-0.4, -0.2) is 15.0 Å². The first-order chi connectivity index (χ1) is 12.3. The number of nitrogens with zero attached hydrogens (tertiary/aromatic N) is 3. The van der Waals surface area contributed by atoms with Crippen LogP contribution in [0, 0.1) is 0 Å². The largest absolute Gasteiger partial charge is 0.463 e. The van der Waals surface area contributed by atoms with Gasteiger partial charge in [0.15, 0.2) is 5.76 Å². The third-order valence-corrected chi connectivity index (χ3v) is 3.94. The second kappa shape index (κ2) is 6.57. The molecule has 0 aliphatic carbocycles. The van der Waals surface area contributed by atoms with Crippen molar-refractivity contribution in [2.45, 2.75) is 6.42 Å². The fourth-order valence-electron chi connectivity index (χ4n) is 2.83. The summed E-state index contributed by atoms with van der Waals surface area (Å²) in [5, 5.41) is 0. The number of hydrogen-bond acceptors (Lipinski definition) is 5. The zero-order valence-corrected chi connectivity index (χ0v) is 13.5. The Morgan fingerprint density at radius 1 is 0.880 bits per heavy atom. The number of hydrogen-bond donors (Lipinski definition) is 1. The van der Waals surface area contributed by atoms with Crippen LogP contribution >= 0.6 is 0 Å². The summed E-state index contributed by atoms with van der Waals surface area (Å²) in [6, 6.07) is 17.8. The Bertz CT molecular complexity index is 968. The van der Waals surface area contributed by atoms with Gasteiger partial charge in [-0.1, -0.05) is 30.3 Å². The fourth-order valence-corrected chi connectivity index (χ4v) is 2.83. The second-order valence-corrected chi connectivity index (χ2v) is 5.64. The number of aromatic nitrogens is 3. The van der Waals surface area contributed by atoms with Gasteiger partial charge in [0.05, 0.1) is 12.0 Å². The van der Waals surface area contributed by atoms with E-state index in [2.05, 4.69) is 27.1 Å². The lowest BCUT2D eigenvalue weighted by molar-refractivity contribution is 0.579. The van der Waals surface area contributed by atoms with E-state index >= 15 is 0 Å². The third kappa shape index (κ3) is 3.12. The molecule has 0 atom stereocenters. The molecule has 5 nitrogen and oxygen atoms in total. The Morgan fingerprint density at radius 3 is 2.44 bits per heavy atom. The first kappa shape index (κ1) is 15.1. The Labute approximate surface area is 145 Å². The molecule has 0 unspecified atom stereocenters. The summed E-state index contributed by atoms with van der Waals surface area (Å²) in [5.41, 5.74) is 10.5. The van der Waals surface area contributed by atoms with Gasteiger partial charge in [-0.2, -0.15) is 0 Å². The Morgan fingerprint density at radius 2 is 1.72 bits per heavy atom. The van der Waals surface area contributed by atoms with E-state index in [1.807, 2.05) is 42.5 Å². The van der Waals surface area contributed by atoms with Crippen molar-refractivity contribution < 1.29 is 4.42 Å². The predicted octanol–water partition coefficient (Wildman–Crippen LogP) is 3.97. The maximum Gasteiger partial charge on any atom is 0.221 e. The average Bonchev–Trinajstić information content (AvgIpc) is 3.19. The lowest BCUT2D eigenvalue weighted by atomic mass is 9.97. The molecule has 0 saturated heterocycles. The van der Waals surface area contributed by atoms with Crippen LogP contribution < -0.4 is 5.73 Å². The number of furan rings is 1. The molecule has 0 bridgehead atoms. The molecule has 4 rings (SSSR count). The first-order valence-corrected chi connectivity index (χ1v) is 7.96. The monoisotopic (exact) mass is 328 g/mol. The van der Waals surface area contributed by atoms with Gasteiger partial charge in [-0.25, -0.2) is 9.97 Å². The third-order valence-electron chi connectivity index (χ3n) is 3.94. The van der Waals surface area contributed by atoms with Crippen LogP contribution in [0.3, 0.4) is 0 Å². The number of rotatable bonds is 4. The van der Waals surface area contributed by atoms with Gasteiger partial charge in [0.2, 0.25) is 5.95 Å². The van der Waals surface area contributed by atoms with Gasteiger partial charge in [-0.15, -0.1) is 0 Å². The first-order valence-electron chi connectivity index (χ1n) is 7.96. The lowest BCUT2D eigenvalue weighted by Gasteiger charge is -2.13. The molecule has 0 aliphatic heterocycles. The van der Waals surface area contributed by atoms with Crippen molar-refractivity contribution in [2.75, 3.05) is 5.73 Å². The topological polar surface area (TPSA) is 77.8 Å². The number of benzene rings is 1. The molecule has 0 aliphatic rings. The highest BCUT2D eigenvalue weighted by atomic mass is 16.3. The van der Waals surface area contributed by atoms with E-state index in [1.54, 1.807) is 18.7 Å². The van der Waals surface area contributed by atoms with Crippen molar-refractivity contribution in [3.05, 3.63) is 84.4 Å². The molecule has 0 radical (unpaired) electrons. The molecule has 122 valence electrons. The summed E-state index contributed by atoms with van der Waals surface area (Å²) in [4.78, 5) is 13.2. The average molecular weight is 328 g/mol. The quantitative estimate of drug-likeness (QED) is 0.613. The maximum absolute atomic E-state index is 5.98. The number of nitrogen functional groups attached to an aromatic ring is 1. The van der Waals surface area contributed by atoms with E-state index in [1.165, 1.54) is 0 Å². The van der Waals surface area contributed by atoms with Crippen LogP contribution in [0.4, 0.5) is 5.95 Å². The molecule has 0 amide bonds. The summed E-state index contributed by atoms with van der Waals surface area (Å²) in [6.45, 7) is 0. The summed E-state index contributed by atoms with van der Waals surface area (Å²) in [7, 11) is 0. The molecular weight excluding hydrogens is 312 g/mol. The highest BCUT2D eigenvalue weighted by Crippen LogP contribution is 2.32. The van der Waals surface area contributed by atoms with E-state index in [0.717, 1.165) is 22.4 Å². The van der Waals surface area contributed by atoms with Gasteiger partial charge in [-0.05, 0) is 29.8 Å². The van der Waals surface area contributed by atoms with Gasteiger partial charge in [0.25, 0.3) is 0 Å². The summed E-state index contributed by atoms with van der Waals surface area (Å²) in [5.74, 6) is 0.882. The normalized spacial score (nSPS) is 10.7. The van der Waals surface area contributed by atoms with Crippen LogP contribution in [0.2, 0.25) is 0 Å². The Balaban J connectivity index is 1.94. The molecular formula is C20H16N4O. The summed E-state index contributed by atoms with van der Waals surface area (Å²) < 4.78 is 5.58. The minimum absolute atomic E-state index is 0.210. The van der Waals surface area contributed by atoms with Gasteiger partial charge in [-0.3, -0.25) is 4.98 Å². The second-order valence-electron chi connectivity index (χ2n) is 5.64. The highest BCUT2D eigenvalue weighted by molar-refractivity contribution is 5.73. The Kier molecular flexibility index (Phi) is 3.96. The number of pyridine rings is 1. The van der Waals surface area contributed by atoms with E-state index in [9.17, 15) is 0 Å². The maximum atomic E-state index is 5.98. The minimum Gasteiger partial charge on any atom is -0.463 e. The van der Waals surface area contributed by atoms with Crippen molar-refractivity contribution in [1.29, 1.82) is 0 Å².